The molecule has 3 N–H and O–H groups in total. The van der Waals surface area contributed by atoms with Crippen LogP contribution in [0.2, 0.25) is 0 Å². The van der Waals surface area contributed by atoms with Gasteiger partial charge in [0, 0.05) is 30.2 Å². The molecule has 0 spiro atoms. The SMILES string of the molecule is Cn1cc(C(N)C2CCCNC2)c2ccccc21. The van der Waals surface area contributed by atoms with Crippen LogP contribution < -0.4 is 11.1 Å². The molecule has 0 amide bonds. The van der Waals surface area contributed by atoms with Crippen LogP contribution in [0.4, 0.5) is 0 Å². The van der Waals surface area contributed by atoms with Crippen molar-refractivity contribution in [1.29, 1.82) is 0 Å². The molecule has 1 saturated heterocycles. The van der Waals surface area contributed by atoms with Gasteiger partial charge < -0.3 is 15.6 Å². The lowest BCUT2D eigenvalue weighted by Gasteiger charge is -2.28. The second-order valence-electron chi connectivity index (χ2n) is 5.34. The zero-order valence-electron chi connectivity index (χ0n) is 10.9. The Balaban J connectivity index is 1.98. The maximum absolute atomic E-state index is 6.50. The van der Waals surface area contributed by atoms with Crippen molar-refractivity contribution in [3.8, 4) is 0 Å². The molecule has 1 aliphatic heterocycles. The lowest BCUT2D eigenvalue weighted by Crippen LogP contribution is -2.36. The average Bonchev–Trinajstić information content (AvgIpc) is 2.77. The maximum atomic E-state index is 6.50. The van der Waals surface area contributed by atoms with E-state index in [2.05, 4.69) is 47.4 Å². The zero-order chi connectivity index (χ0) is 12.5. The van der Waals surface area contributed by atoms with Crippen molar-refractivity contribution in [2.75, 3.05) is 13.1 Å². The van der Waals surface area contributed by atoms with E-state index in [0.29, 0.717) is 5.92 Å². The van der Waals surface area contributed by atoms with Gasteiger partial charge in [0.1, 0.15) is 0 Å². The first-order valence-electron chi connectivity index (χ1n) is 6.77. The highest BCUT2D eigenvalue weighted by Crippen LogP contribution is 2.31. The predicted molar refractivity (Wildman–Crippen MR) is 75.4 cm³/mol. The van der Waals surface area contributed by atoms with Crippen LogP contribution in [0.5, 0.6) is 0 Å². The Morgan fingerprint density at radius 3 is 3.00 bits per heavy atom. The molecule has 2 heterocycles. The van der Waals surface area contributed by atoms with E-state index >= 15 is 0 Å². The van der Waals surface area contributed by atoms with Gasteiger partial charge in [-0.3, -0.25) is 0 Å². The number of aryl methyl sites for hydroxylation is 1. The van der Waals surface area contributed by atoms with E-state index in [-0.39, 0.29) is 6.04 Å². The molecule has 0 aliphatic carbocycles. The van der Waals surface area contributed by atoms with Crippen LogP contribution in [0.25, 0.3) is 10.9 Å². The Morgan fingerprint density at radius 2 is 2.22 bits per heavy atom. The van der Waals surface area contributed by atoms with E-state index in [1.165, 1.54) is 29.3 Å². The second kappa shape index (κ2) is 4.75. The summed E-state index contributed by atoms with van der Waals surface area (Å²) in [6.45, 7) is 2.18. The van der Waals surface area contributed by atoms with Crippen LogP contribution in [0.1, 0.15) is 24.4 Å². The minimum atomic E-state index is 0.142. The Morgan fingerprint density at radius 1 is 1.39 bits per heavy atom. The molecule has 2 aromatic rings. The van der Waals surface area contributed by atoms with Crippen molar-refractivity contribution >= 4 is 10.9 Å². The normalized spacial score (nSPS) is 22.2. The molecular weight excluding hydrogens is 222 g/mol. The summed E-state index contributed by atoms with van der Waals surface area (Å²) in [5.74, 6) is 0.560. The number of hydrogen-bond acceptors (Lipinski definition) is 2. The fraction of sp³-hybridized carbons (Fsp3) is 0.467. The molecule has 1 aromatic carbocycles. The summed E-state index contributed by atoms with van der Waals surface area (Å²) in [7, 11) is 2.09. The first kappa shape index (κ1) is 11.8. The van der Waals surface area contributed by atoms with Crippen molar-refractivity contribution in [2.45, 2.75) is 18.9 Å². The van der Waals surface area contributed by atoms with Gasteiger partial charge in [-0.05, 0) is 43.5 Å². The number of benzene rings is 1. The van der Waals surface area contributed by atoms with E-state index in [0.717, 1.165) is 13.1 Å². The minimum Gasteiger partial charge on any atom is -0.350 e. The fourth-order valence-corrected chi connectivity index (χ4v) is 3.08. The Hall–Kier alpha value is -1.32. The van der Waals surface area contributed by atoms with Gasteiger partial charge in [0.25, 0.3) is 0 Å². The van der Waals surface area contributed by atoms with E-state index in [1.807, 2.05) is 0 Å². The number of aromatic nitrogens is 1. The van der Waals surface area contributed by atoms with Gasteiger partial charge in [-0.25, -0.2) is 0 Å². The van der Waals surface area contributed by atoms with Crippen molar-refractivity contribution in [3.05, 3.63) is 36.0 Å². The largest absolute Gasteiger partial charge is 0.350 e. The summed E-state index contributed by atoms with van der Waals surface area (Å²) in [6.07, 6.45) is 4.67. The van der Waals surface area contributed by atoms with Crippen molar-refractivity contribution < 1.29 is 0 Å². The maximum Gasteiger partial charge on any atom is 0.0481 e. The lowest BCUT2D eigenvalue weighted by atomic mass is 9.88. The number of fused-ring (bicyclic) bond motifs is 1. The molecule has 1 fully saturated rings. The molecule has 1 aliphatic rings. The third-order valence-corrected chi connectivity index (χ3v) is 4.13. The van der Waals surface area contributed by atoms with Gasteiger partial charge in [0.15, 0.2) is 0 Å². The van der Waals surface area contributed by atoms with E-state index in [1.54, 1.807) is 0 Å². The molecule has 0 radical (unpaired) electrons. The second-order valence-corrected chi connectivity index (χ2v) is 5.34. The van der Waals surface area contributed by atoms with Crippen LogP contribution in [0.3, 0.4) is 0 Å². The summed E-state index contributed by atoms with van der Waals surface area (Å²) in [5.41, 5.74) is 9.06. The van der Waals surface area contributed by atoms with Crippen molar-refractivity contribution in [3.63, 3.8) is 0 Å². The highest BCUT2D eigenvalue weighted by Gasteiger charge is 2.24. The molecule has 3 nitrogen and oxygen atoms in total. The van der Waals surface area contributed by atoms with Gasteiger partial charge in [-0.2, -0.15) is 0 Å². The summed E-state index contributed by atoms with van der Waals surface area (Å²) in [6, 6.07) is 8.66. The van der Waals surface area contributed by atoms with Crippen LogP contribution in [-0.2, 0) is 7.05 Å². The molecule has 3 heteroatoms. The average molecular weight is 243 g/mol. The van der Waals surface area contributed by atoms with Gasteiger partial charge in [0.05, 0.1) is 0 Å². The highest BCUT2D eigenvalue weighted by molar-refractivity contribution is 5.84. The van der Waals surface area contributed by atoms with Gasteiger partial charge in [-0.15, -0.1) is 0 Å². The molecule has 1 aromatic heterocycles. The van der Waals surface area contributed by atoms with Crippen LogP contribution in [0.15, 0.2) is 30.5 Å². The van der Waals surface area contributed by atoms with Crippen molar-refractivity contribution in [1.82, 2.24) is 9.88 Å². The molecule has 96 valence electrons. The first-order chi connectivity index (χ1) is 8.77. The van der Waals surface area contributed by atoms with Gasteiger partial charge in [-0.1, -0.05) is 18.2 Å². The number of nitrogens with zero attached hydrogens (tertiary/aromatic N) is 1. The first-order valence-corrected chi connectivity index (χ1v) is 6.77. The zero-order valence-corrected chi connectivity index (χ0v) is 10.9. The third kappa shape index (κ3) is 1.93. The summed E-state index contributed by atoms with van der Waals surface area (Å²) >= 11 is 0. The van der Waals surface area contributed by atoms with Crippen LogP contribution in [0, 0.1) is 5.92 Å². The minimum absolute atomic E-state index is 0.142. The van der Waals surface area contributed by atoms with E-state index < -0.39 is 0 Å². The summed E-state index contributed by atoms with van der Waals surface area (Å²) < 4.78 is 2.18. The summed E-state index contributed by atoms with van der Waals surface area (Å²) in [4.78, 5) is 0. The standard InChI is InChI=1S/C15H21N3/c1-18-10-13(12-6-2-3-7-14(12)18)15(16)11-5-4-8-17-9-11/h2-3,6-7,10-11,15,17H,4-5,8-9,16H2,1H3. The van der Waals surface area contributed by atoms with E-state index in [4.69, 9.17) is 5.73 Å². The smallest absolute Gasteiger partial charge is 0.0481 e. The van der Waals surface area contributed by atoms with Gasteiger partial charge >= 0.3 is 0 Å². The number of hydrogen-bond donors (Lipinski definition) is 2. The Kier molecular flexibility index (Phi) is 3.10. The molecule has 3 rings (SSSR count). The Labute approximate surface area is 108 Å². The Bertz CT molecular complexity index is 538. The molecular formula is C15H21N3. The molecule has 0 bridgehead atoms. The van der Waals surface area contributed by atoms with Crippen LogP contribution >= 0.6 is 0 Å². The fourth-order valence-electron chi connectivity index (χ4n) is 3.08. The lowest BCUT2D eigenvalue weighted by molar-refractivity contribution is 0.327. The molecule has 2 atom stereocenters. The van der Waals surface area contributed by atoms with Gasteiger partial charge in [0.2, 0.25) is 0 Å². The number of nitrogens with one attached hydrogen (secondary N) is 1. The quantitative estimate of drug-likeness (QED) is 0.849. The monoisotopic (exact) mass is 243 g/mol. The number of para-hydroxylation sites is 1. The third-order valence-electron chi connectivity index (χ3n) is 4.13. The van der Waals surface area contributed by atoms with Crippen molar-refractivity contribution in [2.24, 2.45) is 18.7 Å². The topological polar surface area (TPSA) is 43.0 Å². The molecule has 2 unspecified atom stereocenters. The predicted octanol–water partition coefficient (Wildman–Crippen LogP) is 2.18. The number of piperidine rings is 1. The van der Waals surface area contributed by atoms with Crippen LogP contribution in [-0.4, -0.2) is 17.7 Å². The molecule has 0 saturated carbocycles. The highest BCUT2D eigenvalue weighted by atomic mass is 14.9. The molecule has 18 heavy (non-hydrogen) atoms. The van der Waals surface area contributed by atoms with E-state index in [9.17, 15) is 0 Å². The summed E-state index contributed by atoms with van der Waals surface area (Å²) in [5, 5.41) is 4.76. The number of nitrogens with two attached hydrogens (primary N) is 1. The number of rotatable bonds is 2.